The van der Waals surface area contributed by atoms with Crippen molar-refractivity contribution in [3.63, 3.8) is 0 Å². The van der Waals surface area contributed by atoms with E-state index in [0.717, 1.165) is 34.9 Å². The highest BCUT2D eigenvalue weighted by Gasteiger charge is 2.40. The van der Waals surface area contributed by atoms with Crippen LogP contribution in [0.1, 0.15) is 11.1 Å². The number of nitrogens with one attached hydrogen (secondary N) is 2. The molecule has 1 saturated heterocycles. The van der Waals surface area contributed by atoms with Crippen LogP contribution >= 0.6 is 11.6 Å². The van der Waals surface area contributed by atoms with Gasteiger partial charge in [0.15, 0.2) is 0 Å². The molecule has 0 radical (unpaired) electrons. The molecule has 0 bridgehead atoms. The first-order valence-electron chi connectivity index (χ1n) is 8.78. The minimum atomic E-state index is -0.534. The molecular formula is C20H21ClN4O2. The van der Waals surface area contributed by atoms with Crippen LogP contribution in [0.15, 0.2) is 46.0 Å². The molecule has 0 unspecified atom stereocenters. The average molecular weight is 385 g/mol. The van der Waals surface area contributed by atoms with Gasteiger partial charge in [-0.15, -0.1) is 0 Å². The molecular weight excluding hydrogens is 364 g/mol. The Morgan fingerprint density at radius 3 is 2.33 bits per heavy atom. The molecule has 0 spiro atoms. The summed E-state index contributed by atoms with van der Waals surface area (Å²) < 4.78 is 2.79. The number of nitrogens with zero attached hydrogens (tertiary/aromatic N) is 2. The van der Waals surface area contributed by atoms with Crippen LogP contribution < -0.4 is 21.8 Å². The Bertz CT molecular complexity index is 1180. The van der Waals surface area contributed by atoms with Gasteiger partial charge in [-0.05, 0) is 42.3 Å². The summed E-state index contributed by atoms with van der Waals surface area (Å²) in [7, 11) is 3.24. The predicted molar refractivity (Wildman–Crippen MR) is 109 cm³/mol. The predicted octanol–water partition coefficient (Wildman–Crippen LogP) is 2.11. The first-order valence-corrected chi connectivity index (χ1v) is 9.16. The van der Waals surface area contributed by atoms with Crippen molar-refractivity contribution in [3.8, 4) is 0 Å². The lowest BCUT2D eigenvalue weighted by molar-refractivity contribution is 0.316. The third-order valence-corrected chi connectivity index (χ3v) is 5.92. The van der Waals surface area contributed by atoms with E-state index < -0.39 is 11.1 Å². The Morgan fingerprint density at radius 1 is 1.04 bits per heavy atom. The molecule has 6 nitrogen and oxygen atoms in total. The molecule has 7 heteroatoms. The molecule has 0 atom stereocenters. The van der Waals surface area contributed by atoms with Crippen molar-refractivity contribution in [2.75, 3.05) is 18.4 Å². The molecule has 1 aliphatic rings. The molecule has 2 heterocycles. The maximum atomic E-state index is 12.2. The zero-order chi connectivity index (χ0) is 19.3. The van der Waals surface area contributed by atoms with Gasteiger partial charge in [0, 0.05) is 37.9 Å². The molecule has 1 aliphatic heterocycles. The highest BCUT2D eigenvalue weighted by atomic mass is 35.5. The van der Waals surface area contributed by atoms with Gasteiger partial charge < -0.3 is 19.8 Å². The maximum Gasteiger partial charge on any atom is 0.316 e. The van der Waals surface area contributed by atoms with Crippen LogP contribution in [0, 0.1) is 6.92 Å². The Labute approximate surface area is 161 Å². The fraction of sp³-hybridized carbons (Fsp3) is 0.300. The van der Waals surface area contributed by atoms with Gasteiger partial charge in [0.2, 0.25) is 0 Å². The van der Waals surface area contributed by atoms with Gasteiger partial charge in [0.1, 0.15) is 0 Å². The lowest BCUT2D eigenvalue weighted by Gasteiger charge is -2.45. The van der Waals surface area contributed by atoms with Gasteiger partial charge in [-0.1, -0.05) is 23.7 Å². The molecule has 2 N–H and O–H groups in total. The molecule has 1 fully saturated rings. The summed E-state index contributed by atoms with van der Waals surface area (Å²) in [6.45, 7) is 3.58. The fourth-order valence-electron chi connectivity index (χ4n) is 3.78. The molecule has 3 aromatic rings. The average Bonchev–Trinajstić information content (AvgIpc) is 2.63. The number of halogens is 1. The first kappa shape index (κ1) is 17.8. The summed E-state index contributed by atoms with van der Waals surface area (Å²) in [5.74, 6) is 0. The van der Waals surface area contributed by atoms with Crippen molar-refractivity contribution in [2.24, 2.45) is 14.1 Å². The van der Waals surface area contributed by atoms with E-state index in [9.17, 15) is 9.59 Å². The zero-order valence-corrected chi connectivity index (χ0v) is 16.2. The van der Waals surface area contributed by atoms with Crippen molar-refractivity contribution in [1.29, 1.82) is 0 Å². The Balaban J connectivity index is 1.82. The summed E-state index contributed by atoms with van der Waals surface area (Å²) in [4.78, 5) is 24.2. The second kappa shape index (κ2) is 6.25. The smallest absolute Gasteiger partial charge is 0.316 e. The minimum Gasteiger partial charge on any atom is -0.373 e. The molecule has 4 rings (SSSR count). The standard InChI is InChI=1S/C20H21ClN4O2/c1-12-14(5-4-6-15(12)21)20(10-22-11-20)23-13-7-8-16-17(9-13)25(3)19(27)18(26)24(16)2/h4-9,22-23H,10-11H2,1-3H3. The highest BCUT2D eigenvalue weighted by molar-refractivity contribution is 6.31. The molecule has 1 aromatic heterocycles. The fourth-order valence-corrected chi connectivity index (χ4v) is 3.96. The Morgan fingerprint density at radius 2 is 1.70 bits per heavy atom. The quantitative estimate of drug-likeness (QED) is 0.679. The van der Waals surface area contributed by atoms with Gasteiger partial charge in [-0.3, -0.25) is 9.59 Å². The number of hydrogen-bond donors (Lipinski definition) is 2. The number of rotatable bonds is 3. The van der Waals surface area contributed by atoms with Gasteiger partial charge in [0.25, 0.3) is 0 Å². The largest absolute Gasteiger partial charge is 0.373 e. The van der Waals surface area contributed by atoms with E-state index in [-0.39, 0.29) is 5.54 Å². The van der Waals surface area contributed by atoms with Crippen LogP contribution in [0.3, 0.4) is 0 Å². The van der Waals surface area contributed by atoms with E-state index in [1.165, 1.54) is 9.13 Å². The lowest BCUT2D eigenvalue weighted by atomic mass is 9.81. The highest BCUT2D eigenvalue weighted by Crippen LogP contribution is 2.35. The van der Waals surface area contributed by atoms with Crippen LogP contribution in [0.25, 0.3) is 11.0 Å². The summed E-state index contributed by atoms with van der Waals surface area (Å²) in [6.07, 6.45) is 0. The van der Waals surface area contributed by atoms with Crippen molar-refractivity contribution in [1.82, 2.24) is 14.5 Å². The SMILES string of the molecule is Cc1c(Cl)cccc1C1(Nc2ccc3c(c2)n(C)c(=O)c(=O)n3C)CNC1. The van der Waals surface area contributed by atoms with Crippen molar-refractivity contribution in [3.05, 3.63) is 73.3 Å². The number of benzene rings is 2. The van der Waals surface area contributed by atoms with Crippen LogP contribution in [-0.2, 0) is 19.6 Å². The van der Waals surface area contributed by atoms with Crippen LogP contribution in [0.5, 0.6) is 0 Å². The van der Waals surface area contributed by atoms with Crippen LogP contribution in [0.2, 0.25) is 5.02 Å². The van der Waals surface area contributed by atoms with Crippen LogP contribution in [0.4, 0.5) is 5.69 Å². The summed E-state index contributed by atoms with van der Waals surface area (Å²) >= 11 is 6.33. The summed E-state index contributed by atoms with van der Waals surface area (Å²) in [5, 5.41) is 7.71. The van der Waals surface area contributed by atoms with Gasteiger partial charge in [-0.2, -0.15) is 0 Å². The third kappa shape index (κ3) is 2.67. The second-order valence-electron chi connectivity index (χ2n) is 7.15. The van der Waals surface area contributed by atoms with Crippen molar-refractivity contribution < 1.29 is 0 Å². The molecule has 0 amide bonds. The number of fused-ring (bicyclic) bond motifs is 1. The number of hydrogen-bond acceptors (Lipinski definition) is 4. The van der Waals surface area contributed by atoms with E-state index in [2.05, 4.69) is 16.7 Å². The lowest BCUT2D eigenvalue weighted by Crippen LogP contribution is -2.61. The normalized spacial score (nSPS) is 15.6. The van der Waals surface area contributed by atoms with Crippen LogP contribution in [-0.4, -0.2) is 22.2 Å². The monoisotopic (exact) mass is 384 g/mol. The summed E-state index contributed by atoms with van der Waals surface area (Å²) in [6, 6.07) is 11.7. The number of anilines is 1. The molecule has 2 aromatic carbocycles. The minimum absolute atomic E-state index is 0.262. The topological polar surface area (TPSA) is 68.1 Å². The molecule has 140 valence electrons. The summed E-state index contributed by atoms with van der Waals surface area (Å²) in [5.41, 5.74) is 3.20. The molecule has 0 aliphatic carbocycles. The Kier molecular flexibility index (Phi) is 4.13. The number of aromatic nitrogens is 2. The van der Waals surface area contributed by atoms with Crippen molar-refractivity contribution >= 4 is 28.3 Å². The van der Waals surface area contributed by atoms with E-state index in [4.69, 9.17) is 11.6 Å². The Hall–Kier alpha value is -2.57. The molecule has 27 heavy (non-hydrogen) atoms. The van der Waals surface area contributed by atoms with E-state index in [0.29, 0.717) is 11.0 Å². The second-order valence-corrected chi connectivity index (χ2v) is 7.56. The van der Waals surface area contributed by atoms with Gasteiger partial charge >= 0.3 is 11.1 Å². The van der Waals surface area contributed by atoms with E-state index >= 15 is 0 Å². The maximum absolute atomic E-state index is 12.2. The first-order chi connectivity index (χ1) is 12.8. The van der Waals surface area contributed by atoms with E-state index in [1.54, 1.807) is 14.1 Å². The molecule has 0 saturated carbocycles. The van der Waals surface area contributed by atoms with Gasteiger partial charge in [0.05, 0.1) is 16.6 Å². The zero-order valence-electron chi connectivity index (χ0n) is 15.5. The third-order valence-electron chi connectivity index (χ3n) is 5.51. The number of aryl methyl sites for hydroxylation is 2. The van der Waals surface area contributed by atoms with Gasteiger partial charge in [-0.25, -0.2) is 0 Å². The van der Waals surface area contributed by atoms with Crippen molar-refractivity contribution in [2.45, 2.75) is 12.5 Å². The van der Waals surface area contributed by atoms with E-state index in [1.807, 2.05) is 37.3 Å².